The fourth-order valence-corrected chi connectivity index (χ4v) is 6.30. The number of rotatable bonds is 8. The lowest BCUT2D eigenvalue weighted by Crippen LogP contribution is -2.53. The van der Waals surface area contributed by atoms with Gasteiger partial charge in [-0.25, -0.2) is 5.43 Å². The monoisotopic (exact) mass is 514 g/mol. The van der Waals surface area contributed by atoms with E-state index in [4.69, 9.17) is 4.74 Å². The van der Waals surface area contributed by atoms with Gasteiger partial charge in [-0.15, -0.1) is 5.10 Å². The molecule has 196 valence electrons. The molecule has 4 rings (SSSR count). The number of carbonyl (C=O) groups is 3. The van der Waals surface area contributed by atoms with Gasteiger partial charge >= 0.3 is 5.91 Å². The number of amidine groups is 1. The third kappa shape index (κ3) is 7.09. The summed E-state index contributed by atoms with van der Waals surface area (Å²) in [5, 5.41) is 7.99. The minimum Gasteiger partial charge on any atom is -0.381 e. The molecule has 2 atom stereocenters. The third-order valence-corrected chi connectivity index (χ3v) is 8.68. The molecule has 2 aliphatic heterocycles. The van der Waals surface area contributed by atoms with Crippen molar-refractivity contribution in [1.29, 1.82) is 0 Å². The maximum Gasteiger partial charge on any atom is 0.309 e. The highest BCUT2D eigenvalue weighted by atomic mass is 32.2. The smallest absolute Gasteiger partial charge is 0.309 e. The SMILES string of the molecule is C[C@H]1CSC(=NNC(=O)C(=O)[C@@H](NC(=O)C2CCCCCC2)C2CCOCC2)N1Cc1ccccc1. The first-order chi connectivity index (χ1) is 17.5. The van der Waals surface area contributed by atoms with Crippen molar-refractivity contribution in [3.8, 4) is 0 Å². The number of nitrogens with one attached hydrogen (secondary N) is 2. The molecule has 0 bridgehead atoms. The Morgan fingerprint density at radius 1 is 1.06 bits per heavy atom. The van der Waals surface area contributed by atoms with Gasteiger partial charge in [0.15, 0.2) is 5.17 Å². The number of thioether (sulfide) groups is 1. The molecule has 0 aromatic heterocycles. The van der Waals surface area contributed by atoms with E-state index in [0.717, 1.165) is 49.8 Å². The van der Waals surface area contributed by atoms with Crippen molar-refractivity contribution in [2.24, 2.45) is 16.9 Å². The Bertz CT molecular complexity index is 927. The van der Waals surface area contributed by atoms with Crippen LogP contribution in [0.2, 0.25) is 0 Å². The van der Waals surface area contributed by atoms with Crippen molar-refractivity contribution < 1.29 is 19.1 Å². The molecule has 36 heavy (non-hydrogen) atoms. The number of ketones is 1. The van der Waals surface area contributed by atoms with E-state index >= 15 is 0 Å². The van der Waals surface area contributed by atoms with Gasteiger partial charge in [0.1, 0.15) is 6.04 Å². The molecular weight excluding hydrogens is 476 g/mol. The average molecular weight is 515 g/mol. The van der Waals surface area contributed by atoms with E-state index in [1.807, 2.05) is 18.2 Å². The Kier molecular flexibility index (Phi) is 9.81. The maximum atomic E-state index is 13.3. The van der Waals surface area contributed by atoms with Gasteiger partial charge in [-0.2, -0.15) is 0 Å². The number of benzene rings is 1. The van der Waals surface area contributed by atoms with E-state index in [1.165, 1.54) is 0 Å². The number of ether oxygens (including phenoxy) is 1. The van der Waals surface area contributed by atoms with Crippen molar-refractivity contribution in [3.05, 3.63) is 35.9 Å². The first-order valence-electron chi connectivity index (χ1n) is 13.3. The zero-order valence-corrected chi connectivity index (χ0v) is 21.9. The van der Waals surface area contributed by atoms with Crippen LogP contribution in [0.1, 0.15) is 63.9 Å². The average Bonchev–Trinajstić information content (AvgIpc) is 3.09. The molecule has 2 amide bonds. The van der Waals surface area contributed by atoms with Gasteiger partial charge < -0.3 is 15.0 Å². The van der Waals surface area contributed by atoms with Gasteiger partial charge in [0.25, 0.3) is 0 Å². The second kappa shape index (κ2) is 13.2. The molecule has 1 aromatic carbocycles. The molecule has 0 unspecified atom stereocenters. The Morgan fingerprint density at radius 3 is 2.44 bits per heavy atom. The van der Waals surface area contributed by atoms with Gasteiger partial charge in [0.05, 0.1) is 0 Å². The summed E-state index contributed by atoms with van der Waals surface area (Å²) in [5.41, 5.74) is 3.65. The minimum atomic E-state index is -0.847. The lowest BCUT2D eigenvalue weighted by Gasteiger charge is -2.30. The van der Waals surface area contributed by atoms with E-state index in [1.54, 1.807) is 11.8 Å². The van der Waals surface area contributed by atoms with Crippen LogP contribution in [0, 0.1) is 11.8 Å². The number of amides is 2. The van der Waals surface area contributed by atoms with Crippen LogP contribution >= 0.6 is 11.8 Å². The van der Waals surface area contributed by atoms with E-state index in [2.05, 4.69) is 39.8 Å². The molecule has 9 heteroatoms. The first kappa shape index (κ1) is 26.7. The fourth-order valence-electron chi connectivity index (χ4n) is 5.21. The van der Waals surface area contributed by atoms with Crippen molar-refractivity contribution in [1.82, 2.24) is 15.6 Å². The number of hydrogen-bond donors (Lipinski definition) is 2. The maximum absolute atomic E-state index is 13.3. The predicted molar refractivity (Wildman–Crippen MR) is 141 cm³/mol. The van der Waals surface area contributed by atoms with Crippen LogP contribution < -0.4 is 10.7 Å². The number of Topliss-reactive ketones (excluding diaryl/α,β-unsaturated/α-hetero) is 1. The highest BCUT2D eigenvalue weighted by Gasteiger charge is 2.36. The van der Waals surface area contributed by atoms with E-state index in [0.29, 0.717) is 37.8 Å². The van der Waals surface area contributed by atoms with Crippen molar-refractivity contribution >= 4 is 34.5 Å². The van der Waals surface area contributed by atoms with Gasteiger partial charge in [0, 0.05) is 37.5 Å². The molecule has 0 spiro atoms. The second-order valence-corrected chi connectivity index (χ2v) is 11.1. The molecule has 2 saturated heterocycles. The molecule has 2 N–H and O–H groups in total. The van der Waals surface area contributed by atoms with Gasteiger partial charge in [0.2, 0.25) is 11.7 Å². The number of hydrazone groups is 1. The highest BCUT2D eigenvalue weighted by Crippen LogP contribution is 2.27. The standard InChI is InChI=1S/C27H38N4O4S/c1-19-18-36-27(31(19)17-20-9-5-4-6-10-20)30-29-26(34)24(32)23(21-13-15-35-16-14-21)28-25(33)22-11-7-2-3-8-12-22/h4-6,9-10,19,21-23H,2-3,7-8,11-18H2,1H3,(H,28,33)(H,29,34)/t19-,23-/m0/s1. The lowest BCUT2D eigenvalue weighted by atomic mass is 9.87. The molecule has 3 fully saturated rings. The zero-order chi connectivity index (χ0) is 25.3. The summed E-state index contributed by atoms with van der Waals surface area (Å²) in [6.45, 7) is 3.86. The Hall–Kier alpha value is -2.39. The molecular formula is C27H38N4O4S. The number of nitrogens with zero attached hydrogens (tertiary/aromatic N) is 2. The minimum absolute atomic E-state index is 0.0890. The largest absolute Gasteiger partial charge is 0.381 e. The summed E-state index contributed by atoms with van der Waals surface area (Å²) in [6.07, 6.45) is 7.31. The third-order valence-electron chi connectivity index (χ3n) is 7.45. The number of carbonyl (C=O) groups excluding carboxylic acids is 3. The lowest BCUT2D eigenvalue weighted by molar-refractivity contribution is -0.142. The summed E-state index contributed by atoms with van der Waals surface area (Å²) in [6, 6.07) is 9.52. The molecule has 1 aliphatic carbocycles. The topological polar surface area (TPSA) is 100 Å². The Morgan fingerprint density at radius 2 is 1.75 bits per heavy atom. The summed E-state index contributed by atoms with van der Waals surface area (Å²) in [7, 11) is 0. The van der Waals surface area contributed by atoms with Crippen LogP contribution in [0.4, 0.5) is 0 Å². The van der Waals surface area contributed by atoms with Gasteiger partial charge in [-0.05, 0) is 44.1 Å². The summed E-state index contributed by atoms with van der Waals surface area (Å²) in [4.78, 5) is 41.5. The van der Waals surface area contributed by atoms with Crippen molar-refractivity contribution in [2.45, 2.75) is 76.9 Å². The molecule has 1 aromatic rings. The molecule has 2 heterocycles. The first-order valence-corrected chi connectivity index (χ1v) is 14.2. The van der Waals surface area contributed by atoms with Crippen molar-refractivity contribution in [2.75, 3.05) is 19.0 Å². The number of hydrogen-bond acceptors (Lipinski definition) is 6. The summed E-state index contributed by atoms with van der Waals surface area (Å²) >= 11 is 1.56. The van der Waals surface area contributed by atoms with Crippen LogP contribution in [0.3, 0.4) is 0 Å². The normalized spacial score (nSPS) is 23.8. The van der Waals surface area contributed by atoms with E-state index in [9.17, 15) is 14.4 Å². The highest BCUT2D eigenvalue weighted by molar-refractivity contribution is 8.14. The van der Waals surface area contributed by atoms with Gasteiger partial charge in [-0.3, -0.25) is 14.4 Å². The van der Waals surface area contributed by atoms with Crippen LogP contribution in [-0.4, -0.2) is 58.7 Å². The fraction of sp³-hybridized carbons (Fsp3) is 0.630. The van der Waals surface area contributed by atoms with Crippen LogP contribution in [0.25, 0.3) is 0 Å². The Labute approximate surface area is 218 Å². The van der Waals surface area contributed by atoms with E-state index < -0.39 is 17.7 Å². The molecule has 3 aliphatic rings. The molecule has 0 radical (unpaired) electrons. The van der Waals surface area contributed by atoms with Crippen LogP contribution in [0.5, 0.6) is 0 Å². The molecule has 8 nitrogen and oxygen atoms in total. The molecule has 1 saturated carbocycles. The van der Waals surface area contributed by atoms with Crippen molar-refractivity contribution in [3.63, 3.8) is 0 Å². The predicted octanol–water partition coefficient (Wildman–Crippen LogP) is 3.46. The van der Waals surface area contributed by atoms with Crippen LogP contribution in [-0.2, 0) is 25.7 Å². The second-order valence-electron chi connectivity index (χ2n) is 10.1. The van der Waals surface area contributed by atoms with Crippen LogP contribution in [0.15, 0.2) is 35.4 Å². The van der Waals surface area contributed by atoms with E-state index in [-0.39, 0.29) is 23.8 Å². The van der Waals surface area contributed by atoms with Gasteiger partial charge in [-0.1, -0.05) is 67.8 Å². The summed E-state index contributed by atoms with van der Waals surface area (Å²) < 4.78 is 5.46. The summed E-state index contributed by atoms with van der Waals surface area (Å²) in [5.74, 6) is -0.852. The zero-order valence-electron chi connectivity index (χ0n) is 21.1. The Balaban J connectivity index is 1.42. The quantitative estimate of drug-likeness (QED) is 0.313.